The summed E-state index contributed by atoms with van der Waals surface area (Å²) in [5, 5.41) is 0. The molecule has 2 fully saturated rings. The molecule has 116 valence electrons. The summed E-state index contributed by atoms with van der Waals surface area (Å²) in [7, 11) is 0. The highest BCUT2D eigenvalue weighted by Crippen LogP contribution is 2.58. The van der Waals surface area contributed by atoms with Crippen LogP contribution >= 0.6 is 0 Å². The van der Waals surface area contributed by atoms with Crippen molar-refractivity contribution in [3.63, 3.8) is 0 Å². The lowest BCUT2D eigenvalue weighted by Gasteiger charge is -2.32. The zero-order chi connectivity index (χ0) is 15.3. The van der Waals surface area contributed by atoms with Gasteiger partial charge in [0.25, 0.3) is 5.92 Å². The first-order valence-corrected chi connectivity index (χ1v) is 6.59. The van der Waals surface area contributed by atoms with Crippen LogP contribution in [0.15, 0.2) is 24.3 Å². The zero-order valence-corrected chi connectivity index (χ0v) is 11.0. The average Bonchev–Trinajstić information content (AvgIpc) is 2.89. The van der Waals surface area contributed by atoms with Crippen molar-refractivity contribution >= 4 is 0 Å². The van der Waals surface area contributed by atoms with Gasteiger partial charge in [-0.25, -0.2) is 22.0 Å². The predicted molar refractivity (Wildman–Crippen MR) is 64.7 cm³/mol. The smallest absolute Gasteiger partial charge is 0.251 e. The van der Waals surface area contributed by atoms with Crippen LogP contribution in [0.2, 0.25) is 0 Å². The fourth-order valence-electron chi connectivity index (χ4n) is 3.54. The Hall–Kier alpha value is -1.21. The number of fused-ring (bicyclic) bond motifs is 1. The van der Waals surface area contributed by atoms with E-state index in [2.05, 4.69) is 5.48 Å². The summed E-state index contributed by atoms with van der Waals surface area (Å²) in [6.07, 6.45) is -1.59. The van der Waals surface area contributed by atoms with Crippen LogP contribution in [-0.4, -0.2) is 24.9 Å². The van der Waals surface area contributed by atoms with Crippen LogP contribution in [0.1, 0.15) is 18.4 Å². The van der Waals surface area contributed by atoms with E-state index < -0.39 is 55.0 Å². The summed E-state index contributed by atoms with van der Waals surface area (Å²) in [6, 6.07) is 5.29. The van der Waals surface area contributed by atoms with Crippen molar-refractivity contribution in [1.29, 1.82) is 0 Å². The van der Waals surface area contributed by atoms with Gasteiger partial charge < -0.3 is 0 Å². The number of hydrogen-bond acceptors (Lipinski definition) is 2. The lowest BCUT2D eigenvalue weighted by atomic mass is 9.73. The van der Waals surface area contributed by atoms with E-state index in [4.69, 9.17) is 4.84 Å². The Labute approximate surface area is 118 Å². The Morgan fingerprint density at radius 2 is 1.90 bits per heavy atom. The molecule has 2 nitrogen and oxygen atoms in total. The lowest BCUT2D eigenvalue weighted by Crippen LogP contribution is -2.46. The van der Waals surface area contributed by atoms with E-state index in [9.17, 15) is 22.0 Å². The van der Waals surface area contributed by atoms with E-state index in [1.54, 1.807) is 0 Å². The van der Waals surface area contributed by atoms with Crippen molar-refractivity contribution in [2.75, 3.05) is 13.3 Å². The summed E-state index contributed by atoms with van der Waals surface area (Å²) in [4.78, 5) is 5.05. The zero-order valence-electron chi connectivity index (χ0n) is 11.0. The van der Waals surface area contributed by atoms with Crippen molar-refractivity contribution in [3.05, 3.63) is 35.6 Å². The number of alkyl halides is 4. The molecule has 1 aromatic carbocycles. The van der Waals surface area contributed by atoms with Crippen molar-refractivity contribution < 1.29 is 26.8 Å². The van der Waals surface area contributed by atoms with Gasteiger partial charge in [-0.1, -0.05) is 18.2 Å². The maximum Gasteiger partial charge on any atom is 0.251 e. The minimum atomic E-state index is -3.16. The largest absolute Gasteiger partial charge is 0.291 e. The molecule has 0 bridgehead atoms. The van der Waals surface area contributed by atoms with Gasteiger partial charge in [0.15, 0.2) is 0 Å². The molecule has 1 aromatic rings. The average molecular weight is 307 g/mol. The molecule has 0 spiro atoms. The van der Waals surface area contributed by atoms with Gasteiger partial charge in [-0.05, 0) is 6.07 Å². The lowest BCUT2D eigenvalue weighted by molar-refractivity contribution is -0.109. The monoisotopic (exact) mass is 307 g/mol. The fraction of sp³-hybridized carbons (Fsp3) is 0.571. The van der Waals surface area contributed by atoms with E-state index in [1.807, 2.05) is 0 Å². The van der Waals surface area contributed by atoms with Crippen LogP contribution in [0, 0.1) is 11.7 Å². The molecule has 0 amide bonds. The molecule has 1 heterocycles. The Kier molecular flexibility index (Phi) is 3.25. The van der Waals surface area contributed by atoms with Gasteiger partial charge in [0.05, 0.1) is 0 Å². The molecule has 21 heavy (non-hydrogen) atoms. The third-order valence-corrected chi connectivity index (χ3v) is 4.52. The van der Waals surface area contributed by atoms with Gasteiger partial charge in [0, 0.05) is 24.3 Å². The molecule has 1 aliphatic carbocycles. The first-order chi connectivity index (χ1) is 9.89. The molecule has 1 N–H and O–H groups in total. The van der Waals surface area contributed by atoms with Crippen molar-refractivity contribution in [1.82, 2.24) is 5.48 Å². The standard InChI is InChI=1S/C14H14F5NO/c15-7-12-6-13(18,19)5-11(12)14(8-16,20-21-12)9-3-1-2-4-10(9)17/h1-4,11,20H,5-8H2/t11-,12-,14+/m0/s1. The van der Waals surface area contributed by atoms with Crippen LogP contribution in [0.5, 0.6) is 0 Å². The highest BCUT2D eigenvalue weighted by molar-refractivity contribution is 5.31. The third-order valence-electron chi connectivity index (χ3n) is 4.52. The molecular formula is C14H14F5NO. The summed E-state index contributed by atoms with van der Waals surface area (Å²) in [6.45, 7) is -2.35. The molecule has 3 atom stereocenters. The molecule has 0 unspecified atom stereocenters. The molecule has 7 heteroatoms. The molecule has 1 aliphatic heterocycles. The first kappa shape index (κ1) is 14.7. The quantitative estimate of drug-likeness (QED) is 0.865. The maximum atomic E-state index is 14.0. The van der Waals surface area contributed by atoms with Crippen LogP contribution in [-0.2, 0) is 10.4 Å². The number of hydrogen-bond donors (Lipinski definition) is 1. The molecule has 1 saturated heterocycles. The van der Waals surface area contributed by atoms with Crippen molar-refractivity contribution in [3.8, 4) is 0 Å². The minimum absolute atomic E-state index is 0.120. The van der Waals surface area contributed by atoms with Gasteiger partial charge in [-0.15, -0.1) is 0 Å². The second-order valence-corrected chi connectivity index (χ2v) is 5.78. The molecule has 0 aromatic heterocycles. The van der Waals surface area contributed by atoms with Gasteiger partial charge in [0.1, 0.15) is 30.3 Å². The summed E-state index contributed by atoms with van der Waals surface area (Å²) < 4.78 is 68.5. The molecule has 1 saturated carbocycles. The number of nitrogens with one attached hydrogen (secondary N) is 1. The second-order valence-electron chi connectivity index (χ2n) is 5.78. The number of rotatable bonds is 3. The van der Waals surface area contributed by atoms with Crippen molar-refractivity contribution in [2.45, 2.75) is 29.9 Å². The van der Waals surface area contributed by atoms with Crippen LogP contribution in [0.25, 0.3) is 0 Å². The van der Waals surface area contributed by atoms with E-state index in [0.29, 0.717) is 0 Å². The predicted octanol–water partition coefficient (Wildman–Crippen LogP) is 3.28. The van der Waals surface area contributed by atoms with Crippen LogP contribution in [0.4, 0.5) is 22.0 Å². The van der Waals surface area contributed by atoms with E-state index in [0.717, 1.165) is 6.07 Å². The summed E-state index contributed by atoms with van der Waals surface area (Å²) in [5.41, 5.74) is -1.42. The van der Waals surface area contributed by atoms with E-state index in [1.165, 1.54) is 18.2 Å². The Bertz CT molecular complexity index is 554. The van der Waals surface area contributed by atoms with E-state index >= 15 is 0 Å². The fourth-order valence-corrected chi connectivity index (χ4v) is 3.54. The van der Waals surface area contributed by atoms with Gasteiger partial charge in [-0.2, -0.15) is 5.48 Å². The minimum Gasteiger partial charge on any atom is -0.291 e. The molecule has 2 aliphatic rings. The SMILES string of the molecule is FC[C@@]12CC(F)(F)C[C@@H]1[C@@](CF)(c1ccccc1F)NO2. The van der Waals surface area contributed by atoms with Gasteiger partial charge >= 0.3 is 0 Å². The van der Waals surface area contributed by atoms with E-state index in [-0.39, 0.29) is 5.56 Å². The van der Waals surface area contributed by atoms with Crippen LogP contribution < -0.4 is 5.48 Å². The summed E-state index contributed by atoms with van der Waals surface area (Å²) >= 11 is 0. The Balaban J connectivity index is 2.11. The summed E-state index contributed by atoms with van der Waals surface area (Å²) in [5.74, 6) is -5.09. The third kappa shape index (κ3) is 1.97. The van der Waals surface area contributed by atoms with Crippen molar-refractivity contribution in [2.24, 2.45) is 5.92 Å². The highest BCUT2D eigenvalue weighted by Gasteiger charge is 2.69. The molecular weight excluding hydrogens is 293 g/mol. The maximum absolute atomic E-state index is 14.0. The Morgan fingerprint density at radius 3 is 2.52 bits per heavy atom. The number of benzene rings is 1. The first-order valence-electron chi connectivity index (χ1n) is 6.59. The topological polar surface area (TPSA) is 21.3 Å². The second kappa shape index (κ2) is 4.64. The van der Waals surface area contributed by atoms with Crippen LogP contribution in [0.3, 0.4) is 0 Å². The molecule has 0 radical (unpaired) electrons. The number of hydroxylamine groups is 1. The Morgan fingerprint density at radius 1 is 1.19 bits per heavy atom. The normalized spacial score (nSPS) is 37.7. The van der Waals surface area contributed by atoms with Gasteiger partial charge in [0.2, 0.25) is 0 Å². The highest BCUT2D eigenvalue weighted by atomic mass is 19.3. The number of halogens is 5. The molecule has 3 rings (SSSR count). The van der Waals surface area contributed by atoms with Gasteiger partial charge in [-0.3, -0.25) is 4.84 Å².